The van der Waals surface area contributed by atoms with Crippen molar-refractivity contribution in [3.8, 4) is 0 Å². The van der Waals surface area contributed by atoms with Gasteiger partial charge < -0.3 is 5.32 Å². The van der Waals surface area contributed by atoms with E-state index >= 15 is 0 Å². The van der Waals surface area contributed by atoms with Gasteiger partial charge in [-0.3, -0.25) is 0 Å². The summed E-state index contributed by atoms with van der Waals surface area (Å²) in [4.78, 5) is 0. The molecule has 1 aromatic carbocycles. The maximum absolute atomic E-state index is 13.8. The standard InChI is InChI=1S/C11H10BrF4N/c12-6-4-7(9-2-1-3-17-9)10(13)8(5-6)11(14,15)16/h4-5,9,17H,1-3H2/t9-/m0/s1. The van der Waals surface area contributed by atoms with Crippen molar-refractivity contribution in [1.29, 1.82) is 0 Å². The van der Waals surface area contributed by atoms with Crippen molar-refractivity contribution >= 4 is 15.9 Å². The first kappa shape index (κ1) is 12.8. The normalized spacial score (nSPS) is 20.9. The summed E-state index contributed by atoms with van der Waals surface area (Å²) in [6.07, 6.45) is -3.16. The Bertz CT molecular complexity index is 424. The molecule has 1 heterocycles. The van der Waals surface area contributed by atoms with Gasteiger partial charge in [-0.15, -0.1) is 0 Å². The van der Waals surface area contributed by atoms with E-state index < -0.39 is 17.6 Å². The van der Waals surface area contributed by atoms with E-state index in [-0.39, 0.29) is 16.1 Å². The smallest absolute Gasteiger partial charge is 0.310 e. The van der Waals surface area contributed by atoms with E-state index in [1.807, 2.05) is 0 Å². The first-order valence-corrected chi connectivity index (χ1v) is 5.98. The predicted molar refractivity (Wildman–Crippen MR) is 59.1 cm³/mol. The number of alkyl halides is 3. The number of hydrogen-bond acceptors (Lipinski definition) is 1. The molecule has 0 spiro atoms. The zero-order chi connectivity index (χ0) is 12.6. The predicted octanol–water partition coefficient (Wildman–Crippen LogP) is 4.03. The molecular weight excluding hydrogens is 302 g/mol. The summed E-state index contributed by atoms with van der Waals surface area (Å²) in [5.41, 5.74) is -1.13. The Morgan fingerprint density at radius 2 is 2.00 bits per heavy atom. The van der Waals surface area contributed by atoms with Crippen LogP contribution >= 0.6 is 15.9 Å². The highest BCUT2D eigenvalue weighted by Crippen LogP contribution is 2.37. The third kappa shape index (κ3) is 2.63. The number of hydrogen-bond donors (Lipinski definition) is 1. The lowest BCUT2D eigenvalue weighted by Gasteiger charge is -2.16. The molecule has 1 aliphatic heterocycles. The van der Waals surface area contributed by atoms with E-state index in [1.54, 1.807) is 0 Å². The van der Waals surface area contributed by atoms with Crippen LogP contribution in [0.4, 0.5) is 17.6 Å². The maximum atomic E-state index is 13.8. The molecule has 0 saturated carbocycles. The van der Waals surface area contributed by atoms with Gasteiger partial charge in [0, 0.05) is 16.1 Å². The molecule has 6 heteroatoms. The van der Waals surface area contributed by atoms with Crippen molar-refractivity contribution in [2.24, 2.45) is 0 Å². The van der Waals surface area contributed by atoms with E-state index in [1.165, 1.54) is 6.07 Å². The molecule has 1 atom stereocenters. The van der Waals surface area contributed by atoms with Gasteiger partial charge in [0.2, 0.25) is 0 Å². The summed E-state index contributed by atoms with van der Waals surface area (Å²) >= 11 is 2.99. The van der Waals surface area contributed by atoms with Gasteiger partial charge in [0.05, 0.1) is 5.56 Å². The quantitative estimate of drug-likeness (QED) is 0.772. The molecule has 0 radical (unpaired) electrons. The van der Waals surface area contributed by atoms with E-state index in [9.17, 15) is 17.6 Å². The lowest BCUT2D eigenvalue weighted by atomic mass is 10.0. The molecular formula is C11H10BrF4N. The van der Waals surface area contributed by atoms with Crippen LogP contribution in [0, 0.1) is 5.82 Å². The second-order valence-corrected chi connectivity index (χ2v) is 4.92. The molecule has 0 unspecified atom stereocenters. The lowest BCUT2D eigenvalue weighted by molar-refractivity contribution is -0.140. The largest absolute Gasteiger partial charge is 0.419 e. The van der Waals surface area contributed by atoms with Crippen LogP contribution in [0.2, 0.25) is 0 Å². The van der Waals surface area contributed by atoms with Gasteiger partial charge in [0.25, 0.3) is 0 Å². The fourth-order valence-electron chi connectivity index (χ4n) is 2.02. The van der Waals surface area contributed by atoms with Crippen molar-refractivity contribution in [2.45, 2.75) is 25.1 Å². The van der Waals surface area contributed by atoms with Gasteiger partial charge in [-0.05, 0) is 31.5 Å². The Morgan fingerprint density at radius 1 is 1.29 bits per heavy atom. The summed E-state index contributed by atoms with van der Waals surface area (Å²) in [5, 5.41) is 2.99. The number of nitrogens with one attached hydrogen (secondary N) is 1. The van der Waals surface area contributed by atoms with Crippen molar-refractivity contribution in [3.63, 3.8) is 0 Å². The second-order valence-electron chi connectivity index (χ2n) is 4.00. The number of rotatable bonds is 1. The zero-order valence-electron chi connectivity index (χ0n) is 8.74. The van der Waals surface area contributed by atoms with Crippen LogP contribution in [0.5, 0.6) is 0 Å². The summed E-state index contributed by atoms with van der Waals surface area (Å²) in [6.45, 7) is 0.706. The average molecular weight is 312 g/mol. The topological polar surface area (TPSA) is 12.0 Å². The minimum Gasteiger partial charge on any atom is -0.310 e. The molecule has 0 amide bonds. The van der Waals surface area contributed by atoms with Gasteiger partial charge >= 0.3 is 6.18 Å². The number of benzene rings is 1. The highest BCUT2D eigenvalue weighted by Gasteiger charge is 2.36. The van der Waals surface area contributed by atoms with Crippen LogP contribution in [0.25, 0.3) is 0 Å². The Labute approximate surface area is 104 Å². The highest BCUT2D eigenvalue weighted by atomic mass is 79.9. The van der Waals surface area contributed by atoms with Gasteiger partial charge in [-0.1, -0.05) is 15.9 Å². The van der Waals surface area contributed by atoms with Crippen LogP contribution in [-0.4, -0.2) is 6.54 Å². The second kappa shape index (κ2) is 4.57. The molecule has 1 N–H and O–H groups in total. The molecule has 1 aromatic rings. The third-order valence-corrected chi connectivity index (χ3v) is 3.26. The van der Waals surface area contributed by atoms with E-state index in [2.05, 4.69) is 21.2 Å². The first-order valence-electron chi connectivity index (χ1n) is 5.19. The van der Waals surface area contributed by atoms with E-state index in [4.69, 9.17) is 0 Å². The molecule has 1 fully saturated rings. The Morgan fingerprint density at radius 3 is 2.53 bits per heavy atom. The first-order chi connectivity index (χ1) is 7.89. The van der Waals surface area contributed by atoms with Crippen LogP contribution in [0.15, 0.2) is 16.6 Å². The van der Waals surface area contributed by atoms with Crippen molar-refractivity contribution in [3.05, 3.63) is 33.5 Å². The Kier molecular flexibility index (Phi) is 3.45. The molecule has 1 nitrogen and oxygen atoms in total. The van der Waals surface area contributed by atoms with Crippen LogP contribution in [0.3, 0.4) is 0 Å². The van der Waals surface area contributed by atoms with Gasteiger partial charge in [0.15, 0.2) is 0 Å². The van der Waals surface area contributed by atoms with Gasteiger partial charge in [-0.25, -0.2) is 4.39 Å². The van der Waals surface area contributed by atoms with Crippen molar-refractivity contribution in [2.75, 3.05) is 6.54 Å². The minimum absolute atomic E-state index is 0.0872. The van der Waals surface area contributed by atoms with Crippen LogP contribution < -0.4 is 5.32 Å². The lowest BCUT2D eigenvalue weighted by Crippen LogP contribution is -2.17. The summed E-state index contributed by atoms with van der Waals surface area (Å²) < 4.78 is 51.9. The SMILES string of the molecule is Fc1c([C@@H]2CCCN2)cc(Br)cc1C(F)(F)F. The molecule has 1 saturated heterocycles. The molecule has 0 aromatic heterocycles. The fraction of sp³-hybridized carbons (Fsp3) is 0.455. The van der Waals surface area contributed by atoms with Crippen LogP contribution in [0.1, 0.15) is 30.0 Å². The number of halogens is 5. The third-order valence-electron chi connectivity index (χ3n) is 2.81. The van der Waals surface area contributed by atoms with E-state index in [0.29, 0.717) is 13.0 Å². The molecule has 94 valence electrons. The molecule has 17 heavy (non-hydrogen) atoms. The minimum atomic E-state index is -4.67. The average Bonchev–Trinajstić information content (AvgIpc) is 2.72. The Hall–Kier alpha value is -0.620. The molecule has 1 aliphatic rings. The monoisotopic (exact) mass is 311 g/mol. The molecule has 2 rings (SSSR count). The summed E-state index contributed by atoms with van der Waals surface area (Å²) in [7, 11) is 0. The van der Waals surface area contributed by atoms with Crippen molar-refractivity contribution < 1.29 is 17.6 Å². The fourth-order valence-corrected chi connectivity index (χ4v) is 2.50. The maximum Gasteiger partial charge on any atom is 0.419 e. The zero-order valence-corrected chi connectivity index (χ0v) is 10.3. The van der Waals surface area contributed by atoms with Crippen molar-refractivity contribution in [1.82, 2.24) is 5.32 Å². The van der Waals surface area contributed by atoms with Crippen LogP contribution in [-0.2, 0) is 6.18 Å². The molecule has 0 bridgehead atoms. The Balaban J connectivity index is 2.49. The molecule has 0 aliphatic carbocycles. The highest BCUT2D eigenvalue weighted by molar-refractivity contribution is 9.10. The van der Waals surface area contributed by atoms with Gasteiger partial charge in [-0.2, -0.15) is 13.2 Å². The summed E-state index contributed by atoms with van der Waals surface area (Å²) in [6, 6.07) is 1.86. The van der Waals surface area contributed by atoms with E-state index in [0.717, 1.165) is 12.5 Å². The van der Waals surface area contributed by atoms with Gasteiger partial charge in [0.1, 0.15) is 5.82 Å². The summed E-state index contributed by atoms with van der Waals surface area (Å²) in [5.74, 6) is -1.17.